The molecule has 116 valence electrons. The van der Waals surface area contributed by atoms with E-state index in [-0.39, 0.29) is 11.8 Å². The molecule has 1 aliphatic rings. The molecule has 1 heterocycles. The SMILES string of the molecule is COc1ccc(N2C(=O)C=C(NCc3ccccc3)C2=O)cc1. The number of hydrogen-bond donors (Lipinski definition) is 1. The zero-order chi connectivity index (χ0) is 16.2. The Balaban J connectivity index is 1.71. The van der Waals surface area contributed by atoms with Gasteiger partial charge in [0.2, 0.25) is 0 Å². The number of anilines is 1. The summed E-state index contributed by atoms with van der Waals surface area (Å²) < 4.78 is 5.08. The van der Waals surface area contributed by atoms with Crippen LogP contribution in [0.1, 0.15) is 5.56 Å². The maximum Gasteiger partial charge on any atom is 0.281 e. The third-order valence-electron chi connectivity index (χ3n) is 3.58. The van der Waals surface area contributed by atoms with Crippen LogP contribution in [0.4, 0.5) is 5.69 Å². The summed E-state index contributed by atoms with van der Waals surface area (Å²) in [7, 11) is 1.56. The highest BCUT2D eigenvalue weighted by Gasteiger charge is 2.32. The van der Waals surface area contributed by atoms with E-state index in [0.717, 1.165) is 10.5 Å². The van der Waals surface area contributed by atoms with Gasteiger partial charge < -0.3 is 10.1 Å². The number of methoxy groups -OCH3 is 1. The quantitative estimate of drug-likeness (QED) is 0.861. The Kier molecular flexibility index (Phi) is 4.10. The number of imide groups is 1. The number of ether oxygens (including phenoxy) is 1. The Bertz CT molecular complexity index is 752. The molecule has 23 heavy (non-hydrogen) atoms. The molecule has 0 fully saturated rings. The van der Waals surface area contributed by atoms with Gasteiger partial charge in [-0.2, -0.15) is 0 Å². The summed E-state index contributed by atoms with van der Waals surface area (Å²) in [6.07, 6.45) is 1.33. The van der Waals surface area contributed by atoms with Crippen molar-refractivity contribution in [2.45, 2.75) is 6.54 Å². The second-order valence-electron chi connectivity index (χ2n) is 5.07. The summed E-state index contributed by atoms with van der Waals surface area (Å²) in [5.41, 5.74) is 1.86. The lowest BCUT2D eigenvalue weighted by Crippen LogP contribution is -2.33. The van der Waals surface area contributed by atoms with Gasteiger partial charge in [-0.15, -0.1) is 0 Å². The predicted molar refractivity (Wildman–Crippen MR) is 86.9 cm³/mol. The fourth-order valence-corrected chi connectivity index (χ4v) is 2.37. The smallest absolute Gasteiger partial charge is 0.281 e. The summed E-state index contributed by atoms with van der Waals surface area (Å²) in [6, 6.07) is 16.5. The monoisotopic (exact) mass is 308 g/mol. The summed E-state index contributed by atoms with van der Waals surface area (Å²) >= 11 is 0. The second-order valence-corrected chi connectivity index (χ2v) is 5.07. The highest BCUT2D eigenvalue weighted by molar-refractivity contribution is 6.30. The minimum atomic E-state index is -0.351. The molecular weight excluding hydrogens is 292 g/mol. The Morgan fingerprint density at radius 3 is 2.35 bits per heavy atom. The van der Waals surface area contributed by atoms with Gasteiger partial charge in [0.15, 0.2) is 0 Å². The van der Waals surface area contributed by atoms with Crippen molar-refractivity contribution in [1.82, 2.24) is 5.32 Å². The highest BCUT2D eigenvalue weighted by Crippen LogP contribution is 2.24. The number of carbonyl (C=O) groups excluding carboxylic acids is 2. The van der Waals surface area contributed by atoms with Crippen molar-refractivity contribution in [2.24, 2.45) is 0 Å². The van der Waals surface area contributed by atoms with Crippen LogP contribution in [0, 0.1) is 0 Å². The molecule has 5 nitrogen and oxygen atoms in total. The maximum atomic E-state index is 12.4. The van der Waals surface area contributed by atoms with Gasteiger partial charge in [0.1, 0.15) is 11.4 Å². The van der Waals surface area contributed by atoms with Crippen LogP contribution in [0.3, 0.4) is 0 Å². The van der Waals surface area contributed by atoms with Gasteiger partial charge in [0, 0.05) is 12.6 Å². The van der Waals surface area contributed by atoms with Gasteiger partial charge in [-0.05, 0) is 29.8 Å². The van der Waals surface area contributed by atoms with E-state index in [1.165, 1.54) is 6.08 Å². The molecule has 0 unspecified atom stereocenters. The normalized spacial score (nSPS) is 14.0. The summed E-state index contributed by atoms with van der Waals surface area (Å²) in [5, 5.41) is 3.02. The Hall–Kier alpha value is -3.08. The Morgan fingerprint density at radius 1 is 1.00 bits per heavy atom. The topological polar surface area (TPSA) is 58.6 Å². The molecule has 0 radical (unpaired) electrons. The van der Waals surface area contributed by atoms with Crippen LogP contribution in [0.2, 0.25) is 0 Å². The van der Waals surface area contributed by atoms with Gasteiger partial charge in [-0.3, -0.25) is 9.59 Å². The first-order chi connectivity index (χ1) is 11.2. The van der Waals surface area contributed by atoms with E-state index < -0.39 is 0 Å². The lowest BCUT2D eigenvalue weighted by atomic mass is 10.2. The summed E-state index contributed by atoms with van der Waals surface area (Å²) in [4.78, 5) is 25.7. The molecule has 2 amide bonds. The standard InChI is InChI=1S/C18H16N2O3/c1-23-15-9-7-14(8-10-15)20-17(21)11-16(18(20)22)19-12-13-5-3-2-4-6-13/h2-11,19H,12H2,1H3. The molecule has 0 aliphatic carbocycles. The van der Waals surface area contributed by atoms with Gasteiger partial charge >= 0.3 is 0 Å². The van der Waals surface area contributed by atoms with Crippen molar-refractivity contribution < 1.29 is 14.3 Å². The fourth-order valence-electron chi connectivity index (χ4n) is 2.37. The zero-order valence-corrected chi connectivity index (χ0v) is 12.7. The van der Waals surface area contributed by atoms with Crippen molar-refractivity contribution in [2.75, 3.05) is 12.0 Å². The van der Waals surface area contributed by atoms with Gasteiger partial charge in [0.25, 0.3) is 11.8 Å². The first kappa shape index (κ1) is 14.8. The molecule has 2 aromatic carbocycles. The summed E-state index contributed by atoms with van der Waals surface area (Å²) in [6.45, 7) is 0.488. The van der Waals surface area contributed by atoms with Crippen molar-refractivity contribution in [1.29, 1.82) is 0 Å². The fraction of sp³-hybridized carbons (Fsp3) is 0.111. The van der Waals surface area contributed by atoms with Gasteiger partial charge in [-0.25, -0.2) is 4.90 Å². The molecular formula is C18H16N2O3. The van der Waals surface area contributed by atoms with Crippen LogP contribution in [0.15, 0.2) is 66.4 Å². The van der Waals surface area contributed by atoms with E-state index in [0.29, 0.717) is 23.7 Å². The van der Waals surface area contributed by atoms with Crippen molar-refractivity contribution in [3.05, 3.63) is 71.9 Å². The van der Waals surface area contributed by atoms with E-state index in [9.17, 15) is 9.59 Å². The van der Waals surface area contributed by atoms with Crippen LogP contribution in [-0.2, 0) is 16.1 Å². The number of nitrogens with zero attached hydrogens (tertiary/aromatic N) is 1. The lowest BCUT2D eigenvalue weighted by Gasteiger charge is -2.15. The molecule has 1 N–H and O–H groups in total. The molecule has 2 aromatic rings. The molecule has 0 saturated heterocycles. The first-order valence-electron chi connectivity index (χ1n) is 7.21. The summed E-state index contributed by atoms with van der Waals surface area (Å²) in [5.74, 6) is -0.0324. The van der Waals surface area contributed by atoms with Gasteiger partial charge in [0.05, 0.1) is 12.8 Å². The third kappa shape index (κ3) is 3.08. The van der Waals surface area contributed by atoms with Crippen LogP contribution >= 0.6 is 0 Å². The molecule has 5 heteroatoms. The van der Waals surface area contributed by atoms with E-state index in [2.05, 4.69) is 5.32 Å². The molecule has 0 aromatic heterocycles. The van der Waals surface area contributed by atoms with Crippen LogP contribution in [-0.4, -0.2) is 18.9 Å². The van der Waals surface area contributed by atoms with Gasteiger partial charge in [-0.1, -0.05) is 30.3 Å². The largest absolute Gasteiger partial charge is 0.497 e. The Morgan fingerprint density at radius 2 is 1.70 bits per heavy atom. The Labute approximate surface area is 134 Å². The molecule has 0 spiro atoms. The number of carbonyl (C=O) groups is 2. The number of hydrogen-bond acceptors (Lipinski definition) is 4. The van der Waals surface area contributed by atoms with Crippen LogP contribution in [0.5, 0.6) is 5.75 Å². The van der Waals surface area contributed by atoms with E-state index in [1.54, 1.807) is 31.4 Å². The number of nitrogens with one attached hydrogen (secondary N) is 1. The lowest BCUT2D eigenvalue weighted by molar-refractivity contribution is -0.120. The number of rotatable bonds is 5. The zero-order valence-electron chi connectivity index (χ0n) is 12.7. The second kappa shape index (κ2) is 6.36. The van der Waals surface area contributed by atoms with Crippen LogP contribution < -0.4 is 15.0 Å². The molecule has 0 atom stereocenters. The minimum Gasteiger partial charge on any atom is -0.497 e. The molecule has 3 rings (SSSR count). The van der Waals surface area contributed by atoms with E-state index in [1.807, 2.05) is 30.3 Å². The maximum absolute atomic E-state index is 12.4. The number of benzene rings is 2. The number of amides is 2. The van der Waals surface area contributed by atoms with Crippen LogP contribution in [0.25, 0.3) is 0 Å². The molecule has 0 saturated carbocycles. The van der Waals surface area contributed by atoms with Crippen molar-refractivity contribution in [3.63, 3.8) is 0 Å². The van der Waals surface area contributed by atoms with E-state index >= 15 is 0 Å². The molecule has 0 bridgehead atoms. The van der Waals surface area contributed by atoms with Crippen molar-refractivity contribution in [3.8, 4) is 5.75 Å². The third-order valence-corrected chi connectivity index (χ3v) is 3.58. The van der Waals surface area contributed by atoms with E-state index in [4.69, 9.17) is 4.74 Å². The average Bonchev–Trinajstić information content (AvgIpc) is 2.88. The predicted octanol–water partition coefficient (Wildman–Crippen LogP) is 2.24. The highest BCUT2D eigenvalue weighted by atomic mass is 16.5. The molecule has 1 aliphatic heterocycles. The average molecular weight is 308 g/mol. The van der Waals surface area contributed by atoms with Crippen molar-refractivity contribution >= 4 is 17.5 Å². The minimum absolute atomic E-state index is 0.301. The first-order valence-corrected chi connectivity index (χ1v) is 7.21.